The van der Waals surface area contributed by atoms with Crippen LogP contribution in [0.2, 0.25) is 0 Å². The Balaban J connectivity index is 1.97. The predicted octanol–water partition coefficient (Wildman–Crippen LogP) is 3.15. The van der Waals surface area contributed by atoms with E-state index in [1.165, 1.54) is 18.5 Å². The highest BCUT2D eigenvalue weighted by atomic mass is 16.5. The van der Waals surface area contributed by atoms with Crippen LogP contribution >= 0.6 is 0 Å². The lowest BCUT2D eigenvalue weighted by molar-refractivity contribution is 0.111. The smallest absolute Gasteiger partial charge is 0.0589 e. The highest BCUT2D eigenvalue weighted by Gasteiger charge is 2.31. The molecular weight excluding hydrogens is 262 g/mol. The molecule has 21 heavy (non-hydrogen) atoms. The van der Waals surface area contributed by atoms with Crippen LogP contribution in [0, 0.1) is 5.92 Å². The Kier molecular flexibility index (Phi) is 6.46. The number of hydrogen-bond donors (Lipinski definition) is 1. The monoisotopic (exact) mass is 291 g/mol. The van der Waals surface area contributed by atoms with Gasteiger partial charge in [-0.25, -0.2) is 0 Å². The molecule has 0 amide bonds. The second-order valence-corrected chi connectivity index (χ2v) is 6.00. The summed E-state index contributed by atoms with van der Waals surface area (Å²) < 4.78 is 5.26. The summed E-state index contributed by atoms with van der Waals surface area (Å²) in [5.74, 6) is 0.864. The van der Waals surface area contributed by atoms with E-state index in [4.69, 9.17) is 4.74 Å². The molecule has 118 valence electrons. The third-order valence-electron chi connectivity index (χ3n) is 4.22. The number of anilines is 1. The molecule has 1 fully saturated rings. The minimum Gasteiger partial charge on any atom is -0.385 e. The molecule has 0 aliphatic heterocycles. The van der Waals surface area contributed by atoms with Crippen molar-refractivity contribution in [2.75, 3.05) is 32.1 Å². The van der Waals surface area contributed by atoms with Crippen molar-refractivity contribution in [2.24, 2.45) is 5.92 Å². The van der Waals surface area contributed by atoms with Crippen molar-refractivity contribution in [3.8, 4) is 0 Å². The summed E-state index contributed by atoms with van der Waals surface area (Å²) >= 11 is 0. The lowest BCUT2D eigenvalue weighted by atomic mass is 10.1. The summed E-state index contributed by atoms with van der Waals surface area (Å²) in [4.78, 5) is 7.04. The number of hydrogen-bond acceptors (Lipinski definition) is 4. The average molecular weight is 291 g/mol. The minimum atomic E-state index is 0.620. The zero-order chi connectivity index (χ0) is 15.1. The molecule has 1 aromatic rings. The molecule has 1 N–H and O–H groups in total. The number of nitrogens with one attached hydrogen (secondary N) is 1. The SMILES string of the molecule is CCCNc1ccnc(CN(CCOC)C(C)C2CC2)c1. The van der Waals surface area contributed by atoms with Gasteiger partial charge in [0.05, 0.1) is 12.3 Å². The first-order chi connectivity index (χ1) is 10.2. The number of methoxy groups -OCH3 is 1. The molecule has 0 bridgehead atoms. The summed E-state index contributed by atoms with van der Waals surface area (Å²) in [5, 5.41) is 3.43. The molecule has 4 heteroatoms. The lowest BCUT2D eigenvalue weighted by Crippen LogP contribution is -2.36. The Morgan fingerprint density at radius 2 is 2.29 bits per heavy atom. The van der Waals surface area contributed by atoms with E-state index >= 15 is 0 Å². The summed E-state index contributed by atoms with van der Waals surface area (Å²) in [5.41, 5.74) is 2.31. The van der Waals surface area contributed by atoms with Crippen molar-refractivity contribution in [3.63, 3.8) is 0 Å². The van der Waals surface area contributed by atoms with Gasteiger partial charge in [-0.3, -0.25) is 9.88 Å². The lowest BCUT2D eigenvalue weighted by Gasteiger charge is -2.28. The van der Waals surface area contributed by atoms with Gasteiger partial charge in [0.15, 0.2) is 0 Å². The Hall–Kier alpha value is -1.13. The third-order valence-corrected chi connectivity index (χ3v) is 4.22. The summed E-state index contributed by atoms with van der Waals surface area (Å²) in [7, 11) is 1.77. The van der Waals surface area contributed by atoms with Crippen LogP contribution in [0.5, 0.6) is 0 Å². The topological polar surface area (TPSA) is 37.4 Å². The molecule has 1 aromatic heterocycles. The number of rotatable bonds is 10. The molecule has 1 saturated carbocycles. The molecule has 2 rings (SSSR count). The minimum absolute atomic E-state index is 0.620. The molecule has 1 aliphatic carbocycles. The van der Waals surface area contributed by atoms with Gasteiger partial charge in [-0.05, 0) is 44.2 Å². The molecule has 0 radical (unpaired) electrons. The largest absolute Gasteiger partial charge is 0.385 e. The Morgan fingerprint density at radius 1 is 1.48 bits per heavy atom. The fourth-order valence-corrected chi connectivity index (χ4v) is 2.66. The van der Waals surface area contributed by atoms with E-state index in [0.717, 1.165) is 44.3 Å². The maximum atomic E-state index is 5.26. The molecule has 1 atom stereocenters. The fraction of sp³-hybridized carbons (Fsp3) is 0.706. The van der Waals surface area contributed by atoms with E-state index in [9.17, 15) is 0 Å². The van der Waals surface area contributed by atoms with E-state index in [2.05, 4.69) is 35.1 Å². The highest BCUT2D eigenvalue weighted by Crippen LogP contribution is 2.35. The number of ether oxygens (including phenoxy) is 1. The quantitative estimate of drug-likeness (QED) is 0.718. The van der Waals surface area contributed by atoms with Gasteiger partial charge in [0.25, 0.3) is 0 Å². The van der Waals surface area contributed by atoms with Crippen LogP contribution in [-0.2, 0) is 11.3 Å². The Morgan fingerprint density at radius 3 is 2.95 bits per heavy atom. The first kappa shape index (κ1) is 16.2. The second kappa shape index (κ2) is 8.35. The molecular formula is C17H29N3O. The maximum absolute atomic E-state index is 5.26. The van der Waals surface area contributed by atoms with Gasteiger partial charge in [0.2, 0.25) is 0 Å². The van der Waals surface area contributed by atoms with Crippen LogP contribution < -0.4 is 5.32 Å². The molecule has 1 unspecified atom stereocenters. The van der Waals surface area contributed by atoms with Gasteiger partial charge in [0.1, 0.15) is 0 Å². The second-order valence-electron chi connectivity index (χ2n) is 6.00. The zero-order valence-corrected chi connectivity index (χ0v) is 13.6. The van der Waals surface area contributed by atoms with Crippen molar-refractivity contribution >= 4 is 5.69 Å². The van der Waals surface area contributed by atoms with Crippen molar-refractivity contribution < 1.29 is 4.74 Å². The van der Waals surface area contributed by atoms with Gasteiger partial charge >= 0.3 is 0 Å². The van der Waals surface area contributed by atoms with E-state index in [-0.39, 0.29) is 0 Å². The van der Waals surface area contributed by atoms with Crippen molar-refractivity contribution in [1.82, 2.24) is 9.88 Å². The van der Waals surface area contributed by atoms with E-state index in [1.54, 1.807) is 7.11 Å². The van der Waals surface area contributed by atoms with E-state index < -0.39 is 0 Å². The van der Waals surface area contributed by atoms with Crippen LogP contribution in [0.1, 0.15) is 38.8 Å². The van der Waals surface area contributed by atoms with Crippen LogP contribution in [0.15, 0.2) is 18.3 Å². The molecule has 0 spiro atoms. The van der Waals surface area contributed by atoms with Gasteiger partial charge in [-0.1, -0.05) is 6.92 Å². The van der Waals surface area contributed by atoms with Gasteiger partial charge in [-0.15, -0.1) is 0 Å². The Bertz CT molecular complexity index is 420. The first-order valence-electron chi connectivity index (χ1n) is 8.16. The standard InChI is InChI=1S/C17H29N3O/c1-4-8-18-16-7-9-19-17(12-16)13-20(10-11-21-3)14(2)15-5-6-15/h7,9,12,14-15H,4-6,8,10-11,13H2,1-3H3,(H,18,19). The van der Waals surface area contributed by atoms with Crippen molar-refractivity contribution in [3.05, 3.63) is 24.0 Å². The number of nitrogens with zero attached hydrogens (tertiary/aromatic N) is 2. The van der Waals surface area contributed by atoms with Crippen molar-refractivity contribution in [2.45, 2.75) is 45.7 Å². The van der Waals surface area contributed by atoms with Crippen LogP contribution in [0.25, 0.3) is 0 Å². The summed E-state index contributed by atoms with van der Waals surface area (Å²) in [6.45, 7) is 8.19. The maximum Gasteiger partial charge on any atom is 0.0589 e. The van der Waals surface area contributed by atoms with E-state index in [0.29, 0.717) is 6.04 Å². The van der Waals surface area contributed by atoms with Crippen LogP contribution in [0.3, 0.4) is 0 Å². The molecule has 0 aromatic carbocycles. The summed E-state index contributed by atoms with van der Waals surface area (Å²) in [6.07, 6.45) is 5.78. The molecule has 1 aliphatic rings. The van der Waals surface area contributed by atoms with Gasteiger partial charge in [-0.2, -0.15) is 0 Å². The molecule has 4 nitrogen and oxygen atoms in total. The predicted molar refractivity (Wildman–Crippen MR) is 87.5 cm³/mol. The number of pyridine rings is 1. The van der Waals surface area contributed by atoms with Gasteiger partial charge < -0.3 is 10.1 Å². The first-order valence-corrected chi connectivity index (χ1v) is 8.16. The van der Waals surface area contributed by atoms with Crippen LogP contribution in [-0.4, -0.2) is 42.7 Å². The molecule has 0 saturated heterocycles. The average Bonchev–Trinajstić information content (AvgIpc) is 3.34. The van der Waals surface area contributed by atoms with Crippen LogP contribution in [0.4, 0.5) is 5.69 Å². The molecule has 1 heterocycles. The third kappa shape index (κ3) is 5.29. The number of aromatic nitrogens is 1. The zero-order valence-electron chi connectivity index (χ0n) is 13.6. The fourth-order valence-electron chi connectivity index (χ4n) is 2.66. The van der Waals surface area contributed by atoms with Gasteiger partial charge in [0, 0.05) is 44.7 Å². The van der Waals surface area contributed by atoms with Crippen molar-refractivity contribution in [1.29, 1.82) is 0 Å². The Labute approximate surface area is 128 Å². The normalized spacial score (nSPS) is 16.2. The highest BCUT2D eigenvalue weighted by molar-refractivity contribution is 5.43. The van der Waals surface area contributed by atoms with E-state index in [1.807, 2.05) is 12.3 Å². The summed E-state index contributed by atoms with van der Waals surface area (Å²) in [6, 6.07) is 4.84.